The first kappa shape index (κ1) is 11.5. The Bertz CT molecular complexity index is 768. The van der Waals surface area contributed by atoms with E-state index in [4.69, 9.17) is 0 Å². The number of fused-ring (bicyclic) bond motifs is 1. The summed E-state index contributed by atoms with van der Waals surface area (Å²) in [5.41, 5.74) is 2.28. The summed E-state index contributed by atoms with van der Waals surface area (Å²) in [5.74, 6) is 0.858. The molecule has 0 amide bonds. The number of para-hydroxylation sites is 2. The van der Waals surface area contributed by atoms with Gasteiger partial charge in [0.05, 0.1) is 22.9 Å². The third kappa shape index (κ3) is 1.89. The Hall–Kier alpha value is -2.56. The number of imidazole rings is 1. The van der Waals surface area contributed by atoms with Gasteiger partial charge in [-0.2, -0.15) is 0 Å². The second kappa shape index (κ2) is 4.28. The molecule has 5 heteroatoms. The van der Waals surface area contributed by atoms with Gasteiger partial charge in [-0.1, -0.05) is 12.1 Å². The molecule has 0 unspecified atom stereocenters. The molecule has 0 saturated carbocycles. The quantitative estimate of drug-likeness (QED) is 0.758. The summed E-state index contributed by atoms with van der Waals surface area (Å²) >= 11 is 0. The Balaban J connectivity index is 2.19. The minimum Gasteiger partial charge on any atom is -0.363 e. The molecule has 3 rings (SSSR count). The van der Waals surface area contributed by atoms with Gasteiger partial charge in [0.2, 0.25) is 0 Å². The summed E-state index contributed by atoms with van der Waals surface area (Å²) in [6.07, 6.45) is 1.71. The smallest absolute Gasteiger partial charge is 0.331 e. The van der Waals surface area contributed by atoms with E-state index in [9.17, 15) is 4.79 Å². The number of aromatic nitrogens is 3. The molecule has 1 N–H and O–H groups in total. The third-order valence-electron chi connectivity index (χ3n) is 3.04. The molecular formula is C14H14N4O. The first-order chi connectivity index (χ1) is 9.16. The maximum absolute atomic E-state index is 12.0. The number of nitrogens with zero attached hydrogens (tertiary/aromatic N) is 3. The molecule has 0 fully saturated rings. The van der Waals surface area contributed by atoms with E-state index >= 15 is 0 Å². The third-order valence-corrected chi connectivity index (χ3v) is 3.04. The summed E-state index contributed by atoms with van der Waals surface area (Å²) in [6, 6.07) is 11.4. The zero-order valence-electron chi connectivity index (χ0n) is 10.8. The first-order valence-electron chi connectivity index (χ1n) is 6.00. The normalized spacial score (nSPS) is 10.8. The van der Waals surface area contributed by atoms with E-state index in [1.54, 1.807) is 10.8 Å². The van der Waals surface area contributed by atoms with Crippen LogP contribution in [0.5, 0.6) is 0 Å². The molecule has 2 heterocycles. The van der Waals surface area contributed by atoms with Crippen LogP contribution in [0.1, 0.15) is 0 Å². The maximum atomic E-state index is 12.0. The van der Waals surface area contributed by atoms with E-state index in [0.717, 1.165) is 22.5 Å². The molecule has 0 bridgehead atoms. The Labute approximate surface area is 110 Å². The lowest BCUT2D eigenvalue weighted by Crippen LogP contribution is -2.15. The average molecular weight is 254 g/mol. The summed E-state index contributed by atoms with van der Waals surface area (Å²) in [6.45, 7) is 0. The topological polar surface area (TPSA) is 53.9 Å². The first-order valence-corrected chi connectivity index (χ1v) is 6.00. The SMILES string of the molecule is CN(C)c1ccc(-n2c(=O)[nH]c3ccccc32)cn1. The zero-order valence-corrected chi connectivity index (χ0v) is 10.8. The molecule has 0 aliphatic heterocycles. The monoisotopic (exact) mass is 254 g/mol. The second-order valence-corrected chi connectivity index (χ2v) is 4.55. The van der Waals surface area contributed by atoms with Gasteiger partial charge in [0.15, 0.2) is 0 Å². The fourth-order valence-corrected chi connectivity index (χ4v) is 2.09. The highest BCUT2D eigenvalue weighted by Gasteiger charge is 2.08. The minimum absolute atomic E-state index is 0.152. The van der Waals surface area contributed by atoms with Gasteiger partial charge in [0.25, 0.3) is 0 Å². The Morgan fingerprint density at radius 2 is 1.95 bits per heavy atom. The van der Waals surface area contributed by atoms with Gasteiger partial charge >= 0.3 is 5.69 Å². The van der Waals surface area contributed by atoms with Crippen molar-refractivity contribution in [2.75, 3.05) is 19.0 Å². The van der Waals surface area contributed by atoms with E-state index in [2.05, 4.69) is 9.97 Å². The van der Waals surface area contributed by atoms with Crippen LogP contribution in [0.4, 0.5) is 5.82 Å². The summed E-state index contributed by atoms with van der Waals surface area (Å²) in [5, 5.41) is 0. The van der Waals surface area contributed by atoms with E-state index in [1.165, 1.54) is 0 Å². The molecule has 2 aromatic heterocycles. The average Bonchev–Trinajstić information content (AvgIpc) is 2.74. The number of nitrogens with one attached hydrogen (secondary N) is 1. The number of hydrogen-bond acceptors (Lipinski definition) is 3. The Kier molecular flexibility index (Phi) is 2.59. The fraction of sp³-hybridized carbons (Fsp3) is 0.143. The highest BCUT2D eigenvalue weighted by Crippen LogP contribution is 2.16. The van der Waals surface area contributed by atoms with Gasteiger partial charge in [0.1, 0.15) is 5.82 Å². The molecule has 5 nitrogen and oxygen atoms in total. The molecule has 19 heavy (non-hydrogen) atoms. The van der Waals surface area contributed by atoms with Gasteiger partial charge in [-0.05, 0) is 24.3 Å². The standard InChI is InChI=1S/C14H14N4O/c1-17(2)13-8-7-10(9-15-13)18-12-6-4-3-5-11(12)16-14(18)19/h3-9H,1-2H3,(H,16,19). The van der Waals surface area contributed by atoms with Crippen LogP contribution in [0.25, 0.3) is 16.7 Å². The molecule has 96 valence electrons. The van der Waals surface area contributed by atoms with Gasteiger partial charge in [-0.25, -0.2) is 9.78 Å². The number of anilines is 1. The predicted molar refractivity (Wildman–Crippen MR) is 76.0 cm³/mol. The van der Waals surface area contributed by atoms with Crippen LogP contribution >= 0.6 is 0 Å². The molecule has 0 saturated heterocycles. The summed E-state index contributed by atoms with van der Waals surface area (Å²) in [4.78, 5) is 21.1. The lowest BCUT2D eigenvalue weighted by Gasteiger charge is -2.11. The van der Waals surface area contributed by atoms with Crippen molar-refractivity contribution in [2.24, 2.45) is 0 Å². The summed E-state index contributed by atoms with van der Waals surface area (Å²) in [7, 11) is 3.86. The van der Waals surface area contributed by atoms with E-state index in [0.29, 0.717) is 0 Å². The Morgan fingerprint density at radius 3 is 2.63 bits per heavy atom. The van der Waals surface area contributed by atoms with Crippen LogP contribution in [0.2, 0.25) is 0 Å². The highest BCUT2D eigenvalue weighted by atomic mass is 16.1. The van der Waals surface area contributed by atoms with Crippen LogP contribution in [0.3, 0.4) is 0 Å². The van der Waals surface area contributed by atoms with Crippen LogP contribution in [-0.2, 0) is 0 Å². The number of benzene rings is 1. The summed E-state index contributed by atoms with van der Waals surface area (Å²) < 4.78 is 1.63. The van der Waals surface area contributed by atoms with Crippen LogP contribution in [0, 0.1) is 0 Å². The van der Waals surface area contributed by atoms with Crippen molar-refractivity contribution < 1.29 is 0 Å². The number of pyridine rings is 1. The van der Waals surface area contributed by atoms with Gasteiger partial charge in [-0.3, -0.25) is 4.57 Å². The minimum atomic E-state index is -0.152. The van der Waals surface area contributed by atoms with Crippen molar-refractivity contribution in [3.63, 3.8) is 0 Å². The van der Waals surface area contributed by atoms with Crippen molar-refractivity contribution in [1.29, 1.82) is 0 Å². The zero-order chi connectivity index (χ0) is 13.4. The predicted octanol–water partition coefficient (Wildman–Crippen LogP) is 1.78. The maximum Gasteiger partial charge on any atom is 0.331 e. The molecule has 0 aliphatic carbocycles. The molecule has 3 aromatic rings. The van der Waals surface area contributed by atoms with Gasteiger partial charge < -0.3 is 9.88 Å². The molecular weight excluding hydrogens is 240 g/mol. The fourth-order valence-electron chi connectivity index (χ4n) is 2.09. The molecule has 0 radical (unpaired) electrons. The lowest BCUT2D eigenvalue weighted by molar-refractivity contribution is 0.991. The van der Waals surface area contributed by atoms with E-state index in [-0.39, 0.29) is 5.69 Å². The lowest BCUT2D eigenvalue weighted by atomic mass is 10.3. The van der Waals surface area contributed by atoms with Crippen LogP contribution < -0.4 is 10.6 Å². The number of H-pyrrole nitrogens is 1. The van der Waals surface area contributed by atoms with Crippen LogP contribution in [0.15, 0.2) is 47.4 Å². The van der Waals surface area contributed by atoms with E-state index in [1.807, 2.05) is 55.4 Å². The Morgan fingerprint density at radius 1 is 1.16 bits per heavy atom. The van der Waals surface area contributed by atoms with Crippen LogP contribution in [-0.4, -0.2) is 28.6 Å². The van der Waals surface area contributed by atoms with Crippen molar-refractivity contribution in [1.82, 2.24) is 14.5 Å². The van der Waals surface area contributed by atoms with Crippen molar-refractivity contribution in [3.05, 3.63) is 53.1 Å². The van der Waals surface area contributed by atoms with Gasteiger partial charge in [0, 0.05) is 14.1 Å². The molecule has 1 aromatic carbocycles. The van der Waals surface area contributed by atoms with Gasteiger partial charge in [-0.15, -0.1) is 0 Å². The van der Waals surface area contributed by atoms with E-state index < -0.39 is 0 Å². The van der Waals surface area contributed by atoms with Crippen molar-refractivity contribution in [2.45, 2.75) is 0 Å². The molecule has 0 atom stereocenters. The largest absolute Gasteiger partial charge is 0.363 e. The van der Waals surface area contributed by atoms with Crippen molar-refractivity contribution >= 4 is 16.9 Å². The number of rotatable bonds is 2. The number of hydrogen-bond donors (Lipinski definition) is 1. The number of aromatic amines is 1. The molecule has 0 aliphatic rings. The second-order valence-electron chi connectivity index (χ2n) is 4.55. The highest BCUT2D eigenvalue weighted by molar-refractivity contribution is 5.77. The van der Waals surface area contributed by atoms with Crippen molar-refractivity contribution in [3.8, 4) is 5.69 Å². The molecule has 0 spiro atoms.